The minimum absolute atomic E-state index is 0.00969. The molecule has 0 radical (unpaired) electrons. The molecule has 42 heavy (non-hydrogen) atoms. The van der Waals surface area contributed by atoms with Gasteiger partial charge >= 0.3 is 35.1 Å². The molecule has 3 rings (SSSR count). The minimum Gasteiger partial charge on any atom is -0.456 e. The number of azide groups is 1. The van der Waals surface area contributed by atoms with Gasteiger partial charge in [-0.2, -0.15) is 8.62 Å². The average Bonchev–Trinajstić information content (AvgIpc) is 3.25. The molecule has 1 aliphatic rings. The van der Waals surface area contributed by atoms with Crippen molar-refractivity contribution in [1.82, 2.24) is 9.55 Å². The van der Waals surface area contributed by atoms with Crippen molar-refractivity contribution in [3.8, 4) is 0 Å². The Morgan fingerprint density at radius 3 is 2.50 bits per heavy atom. The number of rotatable bonds is 12. The molecule has 0 aliphatic carbocycles. The highest BCUT2D eigenvalue weighted by Gasteiger charge is 2.44. The second-order valence-corrected chi connectivity index (χ2v) is 13.1. The standard InChI is InChI=1S/C19H24N5O15P3/c1-10-8-24(19(27)21-17(10)25)16-7-14(37-18(26)13-6-4-3-5-12(13)11(2)22-23-20)15(36-16)9-35-41(31,32)39-42(33,34)38-40(28,29)30/h3-6,8,11,14-16H,7,9H2,1-2H3,(H,31,32)(H,33,34)(H,21,25,27)(H2,28,29,30)/t11?,14?,15-,16-/m1/s1. The number of carbonyl (C=O) groups is 1. The first-order valence-electron chi connectivity index (χ1n) is 11.5. The molecule has 6 atom stereocenters. The molecule has 1 fully saturated rings. The highest BCUT2D eigenvalue weighted by atomic mass is 31.3. The van der Waals surface area contributed by atoms with Crippen LogP contribution in [0, 0.1) is 6.92 Å². The molecule has 4 unspecified atom stereocenters. The first-order valence-corrected chi connectivity index (χ1v) is 16.0. The van der Waals surface area contributed by atoms with Gasteiger partial charge in [0.05, 0.1) is 18.2 Å². The smallest absolute Gasteiger partial charge is 0.456 e. The Balaban J connectivity index is 1.88. The van der Waals surface area contributed by atoms with Crippen LogP contribution in [0.1, 0.15) is 47.1 Å². The highest BCUT2D eigenvalue weighted by molar-refractivity contribution is 7.66. The van der Waals surface area contributed by atoms with E-state index in [1.807, 2.05) is 0 Å². The Labute approximate surface area is 234 Å². The van der Waals surface area contributed by atoms with Gasteiger partial charge < -0.3 is 29.0 Å². The van der Waals surface area contributed by atoms with Crippen LogP contribution in [0.4, 0.5) is 0 Å². The van der Waals surface area contributed by atoms with E-state index < -0.39 is 71.8 Å². The van der Waals surface area contributed by atoms with Gasteiger partial charge in [-0.25, -0.2) is 23.3 Å². The number of nitrogens with one attached hydrogen (secondary N) is 1. The SMILES string of the molecule is Cc1cn([C@H]2CC(OC(=O)c3ccccc3C(C)N=[N+]=[N-])[C@@H](COP(=O)(O)OP(=O)(O)OP(=O)(O)O)O2)c(=O)[nH]c1=O. The number of benzene rings is 1. The highest BCUT2D eigenvalue weighted by Crippen LogP contribution is 2.66. The third-order valence-electron chi connectivity index (χ3n) is 5.57. The summed E-state index contributed by atoms with van der Waals surface area (Å²) < 4.78 is 58.9. The fraction of sp³-hybridized carbons (Fsp3) is 0.421. The molecule has 1 aliphatic heterocycles. The lowest BCUT2D eigenvalue weighted by molar-refractivity contribution is -0.0512. The summed E-state index contributed by atoms with van der Waals surface area (Å²) in [7, 11) is -17.0. The van der Waals surface area contributed by atoms with Crippen LogP contribution in [0.2, 0.25) is 0 Å². The molecular weight excluding hydrogens is 631 g/mol. The Morgan fingerprint density at radius 1 is 1.19 bits per heavy atom. The fourth-order valence-electron chi connectivity index (χ4n) is 3.80. The lowest BCUT2D eigenvalue weighted by atomic mass is 10.0. The van der Waals surface area contributed by atoms with E-state index in [2.05, 4.69) is 28.2 Å². The molecule has 0 bridgehead atoms. The predicted molar refractivity (Wildman–Crippen MR) is 138 cm³/mol. The van der Waals surface area contributed by atoms with E-state index in [1.165, 1.54) is 32.0 Å². The van der Waals surface area contributed by atoms with E-state index in [4.69, 9.17) is 24.8 Å². The molecule has 230 valence electrons. The van der Waals surface area contributed by atoms with Gasteiger partial charge in [0, 0.05) is 23.1 Å². The van der Waals surface area contributed by atoms with Crippen molar-refractivity contribution in [2.45, 2.75) is 44.7 Å². The largest absolute Gasteiger partial charge is 0.490 e. The van der Waals surface area contributed by atoms with Gasteiger partial charge in [-0.1, -0.05) is 30.2 Å². The van der Waals surface area contributed by atoms with Crippen molar-refractivity contribution in [3.05, 3.63) is 78.4 Å². The molecule has 5 N–H and O–H groups in total. The summed E-state index contributed by atoms with van der Waals surface area (Å²) >= 11 is 0. The zero-order valence-corrected chi connectivity index (χ0v) is 24.2. The van der Waals surface area contributed by atoms with Crippen LogP contribution in [-0.2, 0) is 36.3 Å². The summed E-state index contributed by atoms with van der Waals surface area (Å²) in [4.78, 5) is 78.7. The molecule has 1 aromatic heterocycles. The van der Waals surface area contributed by atoms with Gasteiger partial charge in [0.2, 0.25) is 0 Å². The third kappa shape index (κ3) is 9.02. The van der Waals surface area contributed by atoms with Crippen LogP contribution in [0.3, 0.4) is 0 Å². The summed E-state index contributed by atoms with van der Waals surface area (Å²) in [6, 6.07) is 5.20. The van der Waals surface area contributed by atoms with E-state index in [-0.39, 0.29) is 17.5 Å². The number of H-pyrrole nitrogens is 1. The number of ether oxygens (including phenoxy) is 2. The Morgan fingerprint density at radius 2 is 1.86 bits per heavy atom. The summed E-state index contributed by atoms with van der Waals surface area (Å²) in [6.07, 6.45) is -3.11. The molecular formula is C19H24N5O15P3. The summed E-state index contributed by atoms with van der Waals surface area (Å²) in [5, 5.41) is 3.56. The number of aryl methyl sites for hydroxylation is 1. The van der Waals surface area contributed by atoms with E-state index in [0.29, 0.717) is 5.56 Å². The Hall–Kier alpha value is -2.95. The van der Waals surface area contributed by atoms with Crippen molar-refractivity contribution in [3.63, 3.8) is 0 Å². The van der Waals surface area contributed by atoms with E-state index >= 15 is 0 Å². The first-order chi connectivity index (χ1) is 19.4. The number of nitrogens with zero attached hydrogens (tertiary/aromatic N) is 4. The van der Waals surface area contributed by atoms with Gasteiger partial charge in [0.25, 0.3) is 5.56 Å². The van der Waals surface area contributed by atoms with Gasteiger partial charge in [0.15, 0.2) is 0 Å². The number of phosphoric acid groups is 3. The maximum absolute atomic E-state index is 13.1. The van der Waals surface area contributed by atoms with E-state index in [9.17, 15) is 37.9 Å². The number of carbonyl (C=O) groups excluding carboxylic acids is 1. The fourth-order valence-corrected chi connectivity index (χ4v) is 6.83. The van der Waals surface area contributed by atoms with Crippen LogP contribution >= 0.6 is 23.5 Å². The molecule has 0 saturated carbocycles. The molecule has 1 saturated heterocycles. The van der Waals surface area contributed by atoms with Gasteiger partial charge in [0.1, 0.15) is 18.4 Å². The van der Waals surface area contributed by atoms with E-state index in [0.717, 1.165) is 10.8 Å². The van der Waals surface area contributed by atoms with Gasteiger partial charge in [-0.3, -0.25) is 18.9 Å². The monoisotopic (exact) mass is 655 g/mol. The molecule has 0 spiro atoms. The molecule has 2 aromatic rings. The van der Waals surface area contributed by atoms with Crippen molar-refractivity contribution in [1.29, 1.82) is 0 Å². The normalized spacial score (nSPS) is 22.4. The zero-order chi connectivity index (χ0) is 31.5. The van der Waals surface area contributed by atoms with Crippen LogP contribution in [-0.4, -0.2) is 53.9 Å². The van der Waals surface area contributed by atoms with Crippen molar-refractivity contribution in [2.24, 2.45) is 5.11 Å². The van der Waals surface area contributed by atoms with Gasteiger partial charge in [-0.05, 0) is 24.1 Å². The van der Waals surface area contributed by atoms with Crippen molar-refractivity contribution in [2.75, 3.05) is 6.61 Å². The second kappa shape index (κ2) is 13.1. The molecule has 2 heterocycles. The summed E-state index contributed by atoms with van der Waals surface area (Å²) in [5.41, 5.74) is 7.60. The third-order valence-corrected chi connectivity index (χ3v) is 9.37. The predicted octanol–water partition coefficient (Wildman–Crippen LogP) is 2.07. The van der Waals surface area contributed by atoms with Crippen molar-refractivity contribution < 1.29 is 60.7 Å². The lowest BCUT2D eigenvalue weighted by Gasteiger charge is -2.21. The van der Waals surface area contributed by atoms with Crippen LogP contribution in [0.15, 0.2) is 45.2 Å². The van der Waals surface area contributed by atoms with Crippen LogP contribution < -0.4 is 11.2 Å². The topological polar surface area (TPSA) is 299 Å². The number of aromatic amines is 1. The van der Waals surface area contributed by atoms with Crippen LogP contribution in [0.25, 0.3) is 10.4 Å². The molecule has 20 nitrogen and oxygen atoms in total. The molecule has 0 amide bonds. The Bertz CT molecular complexity index is 1650. The van der Waals surface area contributed by atoms with Crippen LogP contribution in [0.5, 0.6) is 0 Å². The number of esters is 1. The van der Waals surface area contributed by atoms with Crippen molar-refractivity contribution >= 4 is 29.4 Å². The Kier molecular flexibility index (Phi) is 10.5. The number of aromatic nitrogens is 2. The second-order valence-electron chi connectivity index (χ2n) is 8.64. The quantitative estimate of drug-likeness (QED) is 0.0718. The zero-order valence-electron chi connectivity index (χ0n) is 21.5. The molecule has 23 heteroatoms. The average molecular weight is 655 g/mol. The maximum atomic E-state index is 13.1. The summed E-state index contributed by atoms with van der Waals surface area (Å²) in [6.45, 7) is 1.93. The van der Waals surface area contributed by atoms with Gasteiger partial charge in [-0.15, -0.1) is 0 Å². The maximum Gasteiger partial charge on any atom is 0.490 e. The first kappa shape index (κ1) is 33.6. The number of hydrogen-bond donors (Lipinski definition) is 5. The minimum atomic E-state index is -5.81. The number of phosphoric ester groups is 1. The van der Waals surface area contributed by atoms with E-state index in [1.54, 1.807) is 6.07 Å². The number of hydrogen-bond acceptors (Lipinski definition) is 12. The lowest BCUT2D eigenvalue weighted by Crippen LogP contribution is -2.33. The molecule has 1 aromatic carbocycles. The summed E-state index contributed by atoms with van der Waals surface area (Å²) in [5.74, 6) is -0.951.